The maximum atomic E-state index is 9.36. The van der Waals surface area contributed by atoms with E-state index in [1.807, 2.05) is 0 Å². The summed E-state index contributed by atoms with van der Waals surface area (Å²) >= 11 is 0. The van der Waals surface area contributed by atoms with E-state index in [2.05, 4.69) is 13.8 Å². The number of rotatable bonds is 2. The van der Waals surface area contributed by atoms with E-state index in [0.717, 1.165) is 0 Å². The minimum absolute atomic E-state index is 0.239. The lowest BCUT2D eigenvalue weighted by molar-refractivity contribution is 0.0791. The van der Waals surface area contributed by atoms with Crippen LogP contribution in [0.25, 0.3) is 0 Å². The number of allylic oxidation sites excluding steroid dienone is 2. The molecule has 0 amide bonds. The van der Waals surface area contributed by atoms with E-state index in [4.69, 9.17) is 0 Å². The number of aliphatic hydroxyl groups excluding tert-OH is 2. The Morgan fingerprint density at radius 3 is 1.79 bits per heavy atom. The van der Waals surface area contributed by atoms with Gasteiger partial charge in [-0.2, -0.15) is 0 Å². The standard InChI is InChI=1S/C12H20O2/c1-7(2)12-8-3-4-9(12)11(6-14)10(8)5-13/h8-11,13-14H,3-6H2,1-2H3. The molecule has 0 aromatic heterocycles. The highest BCUT2D eigenvalue weighted by atomic mass is 16.3. The van der Waals surface area contributed by atoms with E-state index < -0.39 is 0 Å². The second-order valence-corrected chi connectivity index (χ2v) is 4.94. The van der Waals surface area contributed by atoms with Crippen molar-refractivity contribution in [1.82, 2.24) is 0 Å². The Bertz CT molecular complexity index is 233. The summed E-state index contributed by atoms with van der Waals surface area (Å²) in [5.74, 6) is 1.77. The fraction of sp³-hybridized carbons (Fsp3) is 0.833. The molecule has 0 saturated heterocycles. The van der Waals surface area contributed by atoms with Crippen LogP contribution in [-0.2, 0) is 0 Å². The zero-order valence-corrected chi connectivity index (χ0v) is 9.03. The minimum atomic E-state index is 0.239. The molecule has 0 heterocycles. The van der Waals surface area contributed by atoms with E-state index in [-0.39, 0.29) is 13.2 Å². The van der Waals surface area contributed by atoms with Crippen LogP contribution in [0.4, 0.5) is 0 Å². The van der Waals surface area contributed by atoms with E-state index in [0.29, 0.717) is 23.7 Å². The van der Waals surface area contributed by atoms with Gasteiger partial charge in [-0.1, -0.05) is 11.1 Å². The van der Waals surface area contributed by atoms with Crippen molar-refractivity contribution in [3.63, 3.8) is 0 Å². The maximum absolute atomic E-state index is 9.36. The first-order chi connectivity index (χ1) is 6.70. The second kappa shape index (κ2) is 3.67. The molecular weight excluding hydrogens is 176 g/mol. The Balaban J connectivity index is 2.32. The lowest BCUT2D eigenvalue weighted by Gasteiger charge is -2.27. The zero-order chi connectivity index (χ0) is 10.3. The molecule has 2 heteroatoms. The summed E-state index contributed by atoms with van der Waals surface area (Å²) in [4.78, 5) is 0. The van der Waals surface area contributed by atoms with Crippen molar-refractivity contribution in [2.24, 2.45) is 23.7 Å². The Labute approximate surface area is 85.6 Å². The van der Waals surface area contributed by atoms with Gasteiger partial charge < -0.3 is 10.2 Å². The highest BCUT2D eigenvalue weighted by molar-refractivity contribution is 5.28. The summed E-state index contributed by atoms with van der Waals surface area (Å²) in [7, 11) is 0. The predicted molar refractivity (Wildman–Crippen MR) is 55.7 cm³/mol. The SMILES string of the molecule is CC(C)=C1C2CCC1C(CO)C2CO. The van der Waals surface area contributed by atoms with Crippen molar-refractivity contribution in [1.29, 1.82) is 0 Å². The first-order valence-corrected chi connectivity index (χ1v) is 5.59. The summed E-state index contributed by atoms with van der Waals surface area (Å²) < 4.78 is 0. The Morgan fingerprint density at radius 1 is 1.07 bits per heavy atom. The molecule has 14 heavy (non-hydrogen) atoms. The third-order valence-electron chi connectivity index (χ3n) is 4.17. The maximum Gasteiger partial charge on any atom is 0.0468 e. The molecular formula is C12H20O2. The topological polar surface area (TPSA) is 40.5 Å². The largest absolute Gasteiger partial charge is 0.396 e. The lowest BCUT2D eigenvalue weighted by atomic mass is 9.80. The average molecular weight is 196 g/mol. The number of fused-ring (bicyclic) bond motifs is 2. The van der Waals surface area contributed by atoms with Gasteiger partial charge >= 0.3 is 0 Å². The summed E-state index contributed by atoms with van der Waals surface area (Å²) in [6, 6.07) is 0. The molecule has 0 spiro atoms. The van der Waals surface area contributed by atoms with Crippen LogP contribution in [0.2, 0.25) is 0 Å². The molecule has 0 aromatic carbocycles. The van der Waals surface area contributed by atoms with Gasteiger partial charge in [0.2, 0.25) is 0 Å². The van der Waals surface area contributed by atoms with E-state index in [1.54, 1.807) is 5.57 Å². The van der Waals surface area contributed by atoms with Gasteiger partial charge in [-0.25, -0.2) is 0 Å². The van der Waals surface area contributed by atoms with Crippen LogP contribution < -0.4 is 0 Å². The normalized spacial score (nSPS) is 40.7. The van der Waals surface area contributed by atoms with Gasteiger partial charge in [0.1, 0.15) is 0 Å². The van der Waals surface area contributed by atoms with Gasteiger partial charge in [0.05, 0.1) is 0 Å². The average Bonchev–Trinajstić information content (AvgIpc) is 2.70. The fourth-order valence-corrected chi connectivity index (χ4v) is 3.70. The highest BCUT2D eigenvalue weighted by Gasteiger charge is 2.50. The van der Waals surface area contributed by atoms with Crippen molar-refractivity contribution >= 4 is 0 Å². The van der Waals surface area contributed by atoms with Crippen molar-refractivity contribution in [3.05, 3.63) is 11.1 Å². The molecule has 80 valence electrons. The first-order valence-electron chi connectivity index (χ1n) is 5.59. The van der Waals surface area contributed by atoms with Crippen molar-refractivity contribution < 1.29 is 10.2 Å². The van der Waals surface area contributed by atoms with Crippen LogP contribution in [0.1, 0.15) is 26.7 Å². The Morgan fingerprint density at radius 2 is 1.50 bits per heavy atom. The monoisotopic (exact) mass is 196 g/mol. The van der Waals surface area contributed by atoms with Gasteiger partial charge in [0.15, 0.2) is 0 Å². The van der Waals surface area contributed by atoms with Crippen molar-refractivity contribution in [2.75, 3.05) is 13.2 Å². The van der Waals surface area contributed by atoms with Gasteiger partial charge in [-0.05, 0) is 50.4 Å². The molecule has 4 atom stereocenters. The van der Waals surface area contributed by atoms with Gasteiger partial charge in [0.25, 0.3) is 0 Å². The van der Waals surface area contributed by atoms with Crippen LogP contribution in [0, 0.1) is 23.7 Å². The Kier molecular flexibility index (Phi) is 2.67. The molecule has 2 N–H and O–H groups in total. The first kappa shape index (κ1) is 10.2. The number of hydrogen-bond acceptors (Lipinski definition) is 2. The predicted octanol–water partition coefficient (Wildman–Crippen LogP) is 1.58. The molecule has 2 bridgehead atoms. The summed E-state index contributed by atoms with van der Waals surface area (Å²) in [6.45, 7) is 4.80. The smallest absolute Gasteiger partial charge is 0.0468 e. The molecule has 2 saturated carbocycles. The van der Waals surface area contributed by atoms with Gasteiger partial charge in [-0.3, -0.25) is 0 Å². The van der Waals surface area contributed by atoms with Crippen LogP contribution >= 0.6 is 0 Å². The number of aliphatic hydroxyl groups is 2. The van der Waals surface area contributed by atoms with Crippen LogP contribution in [0.5, 0.6) is 0 Å². The van der Waals surface area contributed by atoms with E-state index in [9.17, 15) is 10.2 Å². The van der Waals surface area contributed by atoms with Crippen molar-refractivity contribution in [3.8, 4) is 0 Å². The molecule has 4 unspecified atom stereocenters. The zero-order valence-electron chi connectivity index (χ0n) is 9.03. The lowest BCUT2D eigenvalue weighted by Crippen LogP contribution is -2.27. The molecule has 0 radical (unpaired) electrons. The summed E-state index contributed by atoms with van der Waals surface area (Å²) in [6.07, 6.45) is 2.43. The van der Waals surface area contributed by atoms with E-state index in [1.165, 1.54) is 18.4 Å². The summed E-state index contributed by atoms with van der Waals surface area (Å²) in [5.41, 5.74) is 2.95. The quantitative estimate of drug-likeness (QED) is 0.658. The highest BCUT2D eigenvalue weighted by Crippen LogP contribution is 2.56. The number of hydrogen-bond donors (Lipinski definition) is 2. The summed E-state index contributed by atoms with van der Waals surface area (Å²) in [5, 5.41) is 18.7. The van der Waals surface area contributed by atoms with Crippen LogP contribution in [0.15, 0.2) is 11.1 Å². The Hall–Kier alpha value is -0.340. The molecule has 2 aliphatic carbocycles. The van der Waals surface area contributed by atoms with Crippen LogP contribution in [0.3, 0.4) is 0 Å². The van der Waals surface area contributed by atoms with Gasteiger partial charge in [0, 0.05) is 13.2 Å². The minimum Gasteiger partial charge on any atom is -0.396 e. The third-order valence-corrected chi connectivity index (χ3v) is 4.17. The third kappa shape index (κ3) is 1.24. The molecule has 2 aliphatic rings. The molecule has 0 aliphatic heterocycles. The van der Waals surface area contributed by atoms with Gasteiger partial charge in [-0.15, -0.1) is 0 Å². The van der Waals surface area contributed by atoms with E-state index >= 15 is 0 Å². The molecule has 2 nitrogen and oxygen atoms in total. The fourth-order valence-electron chi connectivity index (χ4n) is 3.70. The molecule has 0 aromatic rings. The van der Waals surface area contributed by atoms with Crippen LogP contribution in [-0.4, -0.2) is 23.4 Å². The second-order valence-electron chi connectivity index (χ2n) is 4.94. The molecule has 2 fully saturated rings. The molecule has 2 rings (SSSR count). The van der Waals surface area contributed by atoms with Crippen molar-refractivity contribution in [2.45, 2.75) is 26.7 Å².